The van der Waals surface area contributed by atoms with E-state index in [9.17, 15) is 14.7 Å². The highest BCUT2D eigenvalue weighted by atomic mass is 16.5. The van der Waals surface area contributed by atoms with Gasteiger partial charge in [0.2, 0.25) is 0 Å². The molecule has 0 saturated heterocycles. The van der Waals surface area contributed by atoms with Gasteiger partial charge in [-0.1, -0.05) is 54.6 Å². The molecule has 5 heteroatoms. The summed E-state index contributed by atoms with van der Waals surface area (Å²) in [5, 5.41) is 10.2. The Bertz CT molecular complexity index is 682. The summed E-state index contributed by atoms with van der Waals surface area (Å²) in [6, 6.07) is 14.8. The number of carbonyl (C=O) groups excluding carboxylic acids is 2. The Morgan fingerprint density at radius 1 is 1.09 bits per heavy atom. The average Bonchev–Trinajstić information content (AvgIpc) is 2.59. The van der Waals surface area contributed by atoms with Crippen LogP contribution in [-0.4, -0.2) is 22.9 Å². The summed E-state index contributed by atoms with van der Waals surface area (Å²) < 4.78 is 5.11. The summed E-state index contributed by atoms with van der Waals surface area (Å²) in [6.45, 7) is 1.61. The van der Waals surface area contributed by atoms with Crippen molar-refractivity contribution in [1.82, 2.24) is 0 Å². The Kier molecular flexibility index (Phi) is 5.62. The lowest BCUT2D eigenvalue weighted by Gasteiger charge is -2.15. The molecule has 1 unspecified atom stereocenters. The number of hydrogen-bond donors (Lipinski definition) is 2. The topological polar surface area (TPSA) is 89.6 Å². The molecule has 0 saturated carbocycles. The molecule has 2 rings (SSSR count). The molecular formula is C18H19NO4. The number of benzene rings is 2. The zero-order chi connectivity index (χ0) is 16.8. The molecule has 0 aromatic heterocycles. The second kappa shape index (κ2) is 7.67. The molecule has 5 nitrogen and oxygen atoms in total. The highest BCUT2D eigenvalue weighted by Crippen LogP contribution is 2.21. The van der Waals surface area contributed by atoms with Gasteiger partial charge in [0.1, 0.15) is 6.61 Å². The summed E-state index contributed by atoms with van der Waals surface area (Å²) >= 11 is 0. The third-order valence-corrected chi connectivity index (χ3v) is 3.38. The zero-order valence-electron chi connectivity index (χ0n) is 12.8. The first-order valence-electron chi connectivity index (χ1n) is 7.28. The highest BCUT2D eigenvalue weighted by molar-refractivity contribution is 6.02. The second-order valence-corrected chi connectivity index (χ2v) is 5.24. The quantitative estimate of drug-likeness (QED) is 0.629. The molecule has 2 aromatic carbocycles. The fraction of sp³-hybridized carbons (Fsp3) is 0.222. The van der Waals surface area contributed by atoms with Gasteiger partial charge in [-0.25, -0.2) is 4.79 Å². The molecule has 23 heavy (non-hydrogen) atoms. The molecule has 0 amide bonds. The number of aliphatic hydroxyl groups excluding tert-OH is 1. The molecular weight excluding hydrogens is 294 g/mol. The minimum absolute atomic E-state index is 0.0557. The van der Waals surface area contributed by atoms with E-state index < -0.39 is 18.1 Å². The number of aliphatic hydroxyl groups is 1. The Balaban J connectivity index is 2.12. The van der Waals surface area contributed by atoms with E-state index in [2.05, 4.69) is 0 Å². The van der Waals surface area contributed by atoms with Crippen molar-refractivity contribution in [1.29, 1.82) is 0 Å². The van der Waals surface area contributed by atoms with Crippen LogP contribution in [0.3, 0.4) is 0 Å². The van der Waals surface area contributed by atoms with Crippen LogP contribution in [0.4, 0.5) is 0 Å². The fourth-order valence-corrected chi connectivity index (χ4v) is 2.14. The third-order valence-electron chi connectivity index (χ3n) is 3.38. The van der Waals surface area contributed by atoms with Gasteiger partial charge < -0.3 is 15.6 Å². The molecule has 0 radical (unpaired) electrons. The summed E-state index contributed by atoms with van der Waals surface area (Å²) in [5.74, 6) is -1.14. The maximum atomic E-state index is 12.1. The van der Waals surface area contributed by atoms with Crippen LogP contribution >= 0.6 is 0 Å². The number of rotatable bonds is 6. The third kappa shape index (κ3) is 4.25. The number of ether oxygens (including phenoxy) is 1. The zero-order valence-corrected chi connectivity index (χ0v) is 12.8. The average molecular weight is 313 g/mol. The van der Waals surface area contributed by atoms with Crippen LogP contribution in [0.1, 0.15) is 34.5 Å². The van der Waals surface area contributed by atoms with Crippen molar-refractivity contribution in [2.45, 2.75) is 25.7 Å². The molecule has 2 aromatic rings. The van der Waals surface area contributed by atoms with Gasteiger partial charge in [0.05, 0.1) is 6.04 Å². The maximum absolute atomic E-state index is 12.1. The molecule has 0 aliphatic carbocycles. The van der Waals surface area contributed by atoms with Crippen molar-refractivity contribution in [3.8, 4) is 0 Å². The van der Waals surface area contributed by atoms with Crippen molar-refractivity contribution in [3.63, 3.8) is 0 Å². The van der Waals surface area contributed by atoms with Gasteiger partial charge >= 0.3 is 5.97 Å². The molecule has 120 valence electrons. The monoisotopic (exact) mass is 313 g/mol. The van der Waals surface area contributed by atoms with Crippen LogP contribution in [0.2, 0.25) is 0 Å². The molecule has 0 bridgehead atoms. The highest BCUT2D eigenvalue weighted by Gasteiger charge is 2.25. The van der Waals surface area contributed by atoms with Crippen LogP contribution in [0.25, 0.3) is 0 Å². The largest absolute Gasteiger partial charge is 0.459 e. The summed E-state index contributed by atoms with van der Waals surface area (Å²) in [7, 11) is 0. The van der Waals surface area contributed by atoms with Gasteiger partial charge in [0, 0.05) is 11.1 Å². The first kappa shape index (κ1) is 16.9. The van der Waals surface area contributed by atoms with Gasteiger partial charge in [0.15, 0.2) is 11.9 Å². The Labute approximate surface area is 134 Å². The van der Waals surface area contributed by atoms with Crippen molar-refractivity contribution in [2.24, 2.45) is 5.73 Å². The molecule has 0 heterocycles. The normalized spacial score (nSPS) is 13.2. The van der Waals surface area contributed by atoms with E-state index in [0.29, 0.717) is 0 Å². The van der Waals surface area contributed by atoms with E-state index in [-0.39, 0.29) is 23.5 Å². The Morgan fingerprint density at radius 3 is 2.35 bits per heavy atom. The summed E-state index contributed by atoms with van der Waals surface area (Å²) in [4.78, 5) is 24.1. The van der Waals surface area contributed by atoms with E-state index in [1.807, 2.05) is 30.3 Å². The fourth-order valence-electron chi connectivity index (χ4n) is 2.14. The van der Waals surface area contributed by atoms with Crippen LogP contribution < -0.4 is 5.73 Å². The summed E-state index contributed by atoms with van der Waals surface area (Å²) in [6.07, 6.45) is -1.53. The second-order valence-electron chi connectivity index (χ2n) is 5.24. The number of esters is 1. The lowest BCUT2D eigenvalue weighted by molar-refractivity contribution is -0.155. The van der Waals surface area contributed by atoms with Gasteiger partial charge in [0.25, 0.3) is 0 Å². The predicted octanol–water partition coefficient (Wildman–Crippen LogP) is 1.99. The number of ketones is 1. The summed E-state index contributed by atoms with van der Waals surface area (Å²) in [5.41, 5.74) is 6.84. The van der Waals surface area contributed by atoms with Crippen LogP contribution in [-0.2, 0) is 16.1 Å². The van der Waals surface area contributed by atoms with Crippen molar-refractivity contribution >= 4 is 11.8 Å². The Hall–Kier alpha value is -2.50. The molecule has 3 N–H and O–H groups in total. The van der Waals surface area contributed by atoms with E-state index in [4.69, 9.17) is 10.5 Å². The molecule has 0 aliphatic rings. The van der Waals surface area contributed by atoms with Crippen LogP contribution in [0.15, 0.2) is 54.6 Å². The molecule has 0 aliphatic heterocycles. The maximum Gasteiger partial charge on any atom is 0.340 e. The first-order valence-corrected chi connectivity index (χ1v) is 7.28. The van der Waals surface area contributed by atoms with E-state index in [1.165, 1.54) is 12.1 Å². The predicted molar refractivity (Wildman–Crippen MR) is 85.6 cm³/mol. The Morgan fingerprint density at radius 2 is 1.70 bits per heavy atom. The number of hydrogen-bond acceptors (Lipinski definition) is 5. The number of carbonyl (C=O) groups is 2. The van der Waals surface area contributed by atoms with Gasteiger partial charge in [-0.3, -0.25) is 4.79 Å². The number of nitrogens with two attached hydrogens (primary N) is 1. The van der Waals surface area contributed by atoms with Crippen LogP contribution in [0.5, 0.6) is 0 Å². The molecule has 0 fully saturated rings. The van der Waals surface area contributed by atoms with Gasteiger partial charge in [-0.2, -0.15) is 0 Å². The lowest BCUT2D eigenvalue weighted by atomic mass is 9.96. The number of Topliss-reactive ketones (excluding diaryl/α,β-unsaturated/α-hetero) is 1. The SMILES string of the molecule is C[C@H](N)C(=O)c1ccccc1C(O)C(=O)OCc1ccccc1. The minimum atomic E-state index is -1.53. The van der Waals surface area contributed by atoms with Gasteiger partial charge in [-0.15, -0.1) is 0 Å². The van der Waals surface area contributed by atoms with E-state index in [0.717, 1.165) is 5.56 Å². The first-order chi connectivity index (χ1) is 11.0. The molecule has 0 spiro atoms. The van der Waals surface area contributed by atoms with Crippen molar-refractivity contribution < 1.29 is 19.4 Å². The minimum Gasteiger partial charge on any atom is -0.459 e. The standard InChI is InChI=1S/C18H19NO4/c1-12(19)16(20)14-9-5-6-10-15(14)17(21)18(22)23-11-13-7-3-2-4-8-13/h2-10,12,17,21H,11,19H2,1H3/t12-,17?/m0/s1. The lowest BCUT2D eigenvalue weighted by Crippen LogP contribution is -2.28. The van der Waals surface area contributed by atoms with Gasteiger partial charge in [-0.05, 0) is 12.5 Å². The van der Waals surface area contributed by atoms with E-state index in [1.54, 1.807) is 19.1 Å². The van der Waals surface area contributed by atoms with Crippen LogP contribution in [0, 0.1) is 0 Å². The molecule has 2 atom stereocenters. The van der Waals surface area contributed by atoms with Crippen molar-refractivity contribution in [2.75, 3.05) is 0 Å². The van der Waals surface area contributed by atoms with E-state index >= 15 is 0 Å². The smallest absolute Gasteiger partial charge is 0.340 e. The van der Waals surface area contributed by atoms with Crippen molar-refractivity contribution in [3.05, 3.63) is 71.3 Å².